The summed E-state index contributed by atoms with van der Waals surface area (Å²) in [5.74, 6) is -0.550. The van der Waals surface area contributed by atoms with E-state index in [9.17, 15) is 9.59 Å². The zero-order valence-corrected chi connectivity index (χ0v) is 11.5. The van der Waals surface area contributed by atoms with Crippen molar-refractivity contribution in [3.05, 3.63) is 0 Å². The molecular weight excluding hydrogens is 230 g/mol. The molecule has 4 nitrogen and oxygen atoms in total. The molecule has 1 aliphatic heterocycles. The predicted molar refractivity (Wildman–Crippen MR) is 67.9 cm³/mol. The Hall–Kier alpha value is -1.06. The third-order valence-electron chi connectivity index (χ3n) is 3.84. The number of carbonyl (C=O) groups is 2. The van der Waals surface area contributed by atoms with E-state index in [1.807, 2.05) is 20.8 Å². The van der Waals surface area contributed by atoms with Crippen LogP contribution < -0.4 is 5.32 Å². The Labute approximate surface area is 108 Å². The maximum absolute atomic E-state index is 12.3. The summed E-state index contributed by atoms with van der Waals surface area (Å²) in [6.45, 7) is 5.86. The molecular formula is C14H23NO3. The predicted octanol–water partition coefficient (Wildman–Crippen LogP) is 2.17. The molecule has 0 aromatic heterocycles. The highest BCUT2D eigenvalue weighted by Gasteiger charge is 2.53. The SMILES string of the molecule is CC(C)(C)NC(=O)[C@@H]1CC(=O)OC12CCCCC2. The first-order valence-electron chi connectivity index (χ1n) is 6.86. The van der Waals surface area contributed by atoms with Crippen LogP contribution in [0.4, 0.5) is 0 Å². The molecule has 18 heavy (non-hydrogen) atoms. The maximum atomic E-state index is 12.3. The van der Waals surface area contributed by atoms with Crippen LogP contribution in [0.1, 0.15) is 59.3 Å². The summed E-state index contributed by atoms with van der Waals surface area (Å²) in [6, 6.07) is 0. The van der Waals surface area contributed by atoms with Crippen LogP contribution in [-0.2, 0) is 14.3 Å². The molecule has 1 amide bonds. The zero-order chi connectivity index (χ0) is 13.4. The highest BCUT2D eigenvalue weighted by Crippen LogP contribution is 2.44. The first-order chi connectivity index (χ1) is 8.32. The lowest BCUT2D eigenvalue weighted by molar-refractivity contribution is -0.153. The molecule has 1 N–H and O–H groups in total. The van der Waals surface area contributed by atoms with Gasteiger partial charge in [0, 0.05) is 5.54 Å². The van der Waals surface area contributed by atoms with E-state index in [0.717, 1.165) is 25.7 Å². The van der Waals surface area contributed by atoms with Gasteiger partial charge in [-0.1, -0.05) is 6.42 Å². The lowest BCUT2D eigenvalue weighted by Crippen LogP contribution is -2.50. The molecule has 1 aliphatic carbocycles. The van der Waals surface area contributed by atoms with Crippen LogP contribution in [0.15, 0.2) is 0 Å². The van der Waals surface area contributed by atoms with Crippen LogP contribution in [0.2, 0.25) is 0 Å². The lowest BCUT2D eigenvalue weighted by atomic mass is 9.75. The first-order valence-corrected chi connectivity index (χ1v) is 6.86. The van der Waals surface area contributed by atoms with Gasteiger partial charge in [0.25, 0.3) is 0 Å². The molecule has 1 spiro atoms. The van der Waals surface area contributed by atoms with Crippen LogP contribution >= 0.6 is 0 Å². The first kappa shape index (κ1) is 13.4. The van der Waals surface area contributed by atoms with Gasteiger partial charge in [-0.3, -0.25) is 9.59 Å². The summed E-state index contributed by atoms with van der Waals surface area (Å²) >= 11 is 0. The van der Waals surface area contributed by atoms with E-state index in [-0.39, 0.29) is 29.8 Å². The third kappa shape index (κ3) is 2.68. The lowest BCUT2D eigenvalue weighted by Gasteiger charge is -2.37. The van der Waals surface area contributed by atoms with Crippen molar-refractivity contribution in [3.63, 3.8) is 0 Å². The topological polar surface area (TPSA) is 55.4 Å². The zero-order valence-electron chi connectivity index (χ0n) is 11.5. The fourth-order valence-electron chi connectivity index (χ4n) is 3.08. The third-order valence-corrected chi connectivity index (χ3v) is 3.84. The molecule has 2 aliphatic rings. The molecule has 2 rings (SSSR count). The summed E-state index contributed by atoms with van der Waals surface area (Å²) < 4.78 is 5.54. The molecule has 0 aromatic rings. The van der Waals surface area contributed by atoms with E-state index in [0.29, 0.717) is 0 Å². The van der Waals surface area contributed by atoms with Gasteiger partial charge >= 0.3 is 5.97 Å². The number of carbonyl (C=O) groups excluding carboxylic acids is 2. The number of rotatable bonds is 1. The van der Waals surface area contributed by atoms with Crippen LogP contribution in [0, 0.1) is 5.92 Å². The van der Waals surface area contributed by atoms with Crippen LogP contribution in [0.25, 0.3) is 0 Å². The van der Waals surface area contributed by atoms with Gasteiger partial charge in [0.05, 0.1) is 12.3 Å². The van der Waals surface area contributed by atoms with Crippen molar-refractivity contribution in [2.24, 2.45) is 5.92 Å². The minimum atomic E-state index is -0.509. The van der Waals surface area contributed by atoms with Crippen molar-refractivity contribution in [2.75, 3.05) is 0 Å². The minimum Gasteiger partial charge on any atom is -0.458 e. The number of hydrogen-bond acceptors (Lipinski definition) is 3. The molecule has 102 valence electrons. The number of amides is 1. The second kappa shape index (κ2) is 4.56. The van der Waals surface area contributed by atoms with Gasteiger partial charge in [0.2, 0.25) is 5.91 Å². The minimum absolute atomic E-state index is 0.0322. The van der Waals surface area contributed by atoms with Gasteiger partial charge in [0.15, 0.2) is 0 Å². The van der Waals surface area contributed by atoms with Crippen LogP contribution in [0.5, 0.6) is 0 Å². The fraction of sp³-hybridized carbons (Fsp3) is 0.857. The summed E-state index contributed by atoms with van der Waals surface area (Å²) in [7, 11) is 0. The Morgan fingerprint density at radius 1 is 1.28 bits per heavy atom. The highest BCUT2D eigenvalue weighted by molar-refractivity contribution is 5.88. The second-order valence-corrected chi connectivity index (χ2v) is 6.60. The van der Waals surface area contributed by atoms with Gasteiger partial charge in [0.1, 0.15) is 5.60 Å². The monoisotopic (exact) mass is 253 g/mol. The standard InChI is InChI=1S/C14H23NO3/c1-13(2,3)15-12(17)10-9-11(16)18-14(10)7-5-4-6-8-14/h10H,4-9H2,1-3H3,(H,15,17)/t10-/m0/s1. The smallest absolute Gasteiger partial charge is 0.307 e. The molecule has 1 saturated heterocycles. The normalized spacial score (nSPS) is 27.1. The van der Waals surface area contributed by atoms with Crippen molar-refractivity contribution in [1.29, 1.82) is 0 Å². The average molecular weight is 253 g/mol. The molecule has 0 radical (unpaired) electrons. The Bertz CT molecular complexity index is 351. The van der Waals surface area contributed by atoms with Gasteiger partial charge in [-0.15, -0.1) is 0 Å². The fourth-order valence-corrected chi connectivity index (χ4v) is 3.08. The number of esters is 1. The summed E-state index contributed by atoms with van der Waals surface area (Å²) in [4.78, 5) is 23.9. The Balaban J connectivity index is 2.14. The number of nitrogens with one attached hydrogen (secondary N) is 1. The number of ether oxygens (including phenoxy) is 1. The van der Waals surface area contributed by atoms with Gasteiger partial charge < -0.3 is 10.1 Å². The van der Waals surface area contributed by atoms with Crippen molar-refractivity contribution >= 4 is 11.9 Å². The van der Waals surface area contributed by atoms with E-state index >= 15 is 0 Å². The van der Waals surface area contributed by atoms with Crippen molar-refractivity contribution in [1.82, 2.24) is 5.32 Å². The average Bonchev–Trinajstić information content (AvgIpc) is 2.54. The second-order valence-electron chi connectivity index (χ2n) is 6.60. The molecule has 0 bridgehead atoms. The quantitative estimate of drug-likeness (QED) is 0.729. The van der Waals surface area contributed by atoms with Gasteiger partial charge in [-0.25, -0.2) is 0 Å². The molecule has 1 heterocycles. The number of hydrogen-bond donors (Lipinski definition) is 1. The molecule has 1 saturated carbocycles. The van der Waals surface area contributed by atoms with Crippen LogP contribution in [-0.4, -0.2) is 23.0 Å². The maximum Gasteiger partial charge on any atom is 0.307 e. The van der Waals surface area contributed by atoms with Crippen molar-refractivity contribution in [3.8, 4) is 0 Å². The van der Waals surface area contributed by atoms with Crippen molar-refractivity contribution < 1.29 is 14.3 Å². The Morgan fingerprint density at radius 3 is 2.44 bits per heavy atom. The van der Waals surface area contributed by atoms with Gasteiger partial charge in [-0.05, 0) is 46.5 Å². The molecule has 0 aromatic carbocycles. The molecule has 4 heteroatoms. The summed E-state index contributed by atoms with van der Waals surface area (Å²) in [5, 5.41) is 2.98. The summed E-state index contributed by atoms with van der Waals surface area (Å²) in [6.07, 6.45) is 5.18. The molecule has 0 unspecified atom stereocenters. The largest absolute Gasteiger partial charge is 0.458 e. The summed E-state index contributed by atoms with van der Waals surface area (Å²) in [5.41, 5.74) is -0.775. The van der Waals surface area contributed by atoms with E-state index in [1.54, 1.807) is 0 Å². The molecule has 2 fully saturated rings. The van der Waals surface area contributed by atoms with Crippen molar-refractivity contribution in [2.45, 2.75) is 70.4 Å². The van der Waals surface area contributed by atoms with E-state index in [4.69, 9.17) is 4.74 Å². The highest BCUT2D eigenvalue weighted by atomic mass is 16.6. The Kier molecular flexibility index (Phi) is 3.39. The van der Waals surface area contributed by atoms with Gasteiger partial charge in [-0.2, -0.15) is 0 Å². The Morgan fingerprint density at radius 2 is 1.89 bits per heavy atom. The van der Waals surface area contributed by atoms with E-state index in [2.05, 4.69) is 5.32 Å². The van der Waals surface area contributed by atoms with Crippen LogP contribution in [0.3, 0.4) is 0 Å². The van der Waals surface area contributed by atoms with E-state index < -0.39 is 5.60 Å². The molecule has 1 atom stereocenters. The van der Waals surface area contributed by atoms with E-state index in [1.165, 1.54) is 6.42 Å².